The highest BCUT2D eigenvalue weighted by molar-refractivity contribution is 5.95. The summed E-state index contributed by atoms with van der Waals surface area (Å²) in [5.74, 6) is 1.83. The van der Waals surface area contributed by atoms with E-state index in [4.69, 9.17) is 4.98 Å². The third kappa shape index (κ3) is 4.18. The highest BCUT2D eigenvalue weighted by Gasteiger charge is 2.20. The minimum absolute atomic E-state index is 0.161. The molecule has 0 saturated carbocycles. The fourth-order valence-electron chi connectivity index (χ4n) is 5.01. The van der Waals surface area contributed by atoms with Crippen LogP contribution in [-0.2, 0) is 0 Å². The maximum Gasteiger partial charge on any atom is 0.145 e. The molecule has 0 aliphatic rings. The quantitative estimate of drug-likeness (QED) is 0.251. The lowest BCUT2D eigenvalue weighted by Crippen LogP contribution is -2.11. The van der Waals surface area contributed by atoms with Gasteiger partial charge >= 0.3 is 0 Å². The summed E-state index contributed by atoms with van der Waals surface area (Å²) >= 11 is 0. The molecule has 5 nitrogen and oxygen atoms in total. The lowest BCUT2D eigenvalue weighted by Gasteiger charge is -2.24. The summed E-state index contributed by atoms with van der Waals surface area (Å²) in [5, 5.41) is 10.6. The van der Waals surface area contributed by atoms with Crippen LogP contribution in [0.3, 0.4) is 0 Å². The van der Waals surface area contributed by atoms with Crippen molar-refractivity contribution < 1.29 is 5.11 Å². The largest absolute Gasteiger partial charge is 0.507 e. The fraction of sp³-hybridized carbons (Fsp3) is 0.0909. The van der Waals surface area contributed by atoms with Crippen LogP contribution >= 0.6 is 0 Å². The molecule has 0 aliphatic heterocycles. The Morgan fingerprint density at radius 3 is 2.18 bits per heavy atom. The molecule has 1 N–H and O–H groups in total. The molecule has 0 amide bonds. The molecule has 0 saturated heterocycles. The molecule has 0 fully saturated rings. The van der Waals surface area contributed by atoms with E-state index in [2.05, 4.69) is 82.9 Å². The standard InChI is InChI=1S/C33H28N4O/c1-23(2)36-29-18-11-17-27(32(29)35-33(36)28-16-6-7-19-30(28)38)24-12-10-15-26(22-24)37(25-13-4-3-5-14-25)31-20-8-9-21-34-31/h3-23,38H,1-2H3. The van der Waals surface area contributed by atoms with Gasteiger partial charge in [0, 0.05) is 29.2 Å². The van der Waals surface area contributed by atoms with Crippen LogP contribution in [0.25, 0.3) is 33.5 Å². The first kappa shape index (κ1) is 23.5. The first-order valence-corrected chi connectivity index (χ1v) is 12.8. The van der Waals surface area contributed by atoms with Crippen LogP contribution < -0.4 is 4.90 Å². The van der Waals surface area contributed by atoms with Crippen molar-refractivity contribution in [3.63, 3.8) is 0 Å². The summed E-state index contributed by atoms with van der Waals surface area (Å²) in [6, 6.07) is 38.5. The minimum atomic E-state index is 0.161. The van der Waals surface area contributed by atoms with E-state index < -0.39 is 0 Å². The zero-order chi connectivity index (χ0) is 26.1. The number of fused-ring (bicyclic) bond motifs is 1. The van der Waals surface area contributed by atoms with Gasteiger partial charge in [-0.05, 0) is 74.0 Å². The van der Waals surface area contributed by atoms with Crippen molar-refractivity contribution in [3.05, 3.63) is 121 Å². The Kier molecular flexibility index (Phi) is 6.10. The van der Waals surface area contributed by atoms with Gasteiger partial charge in [0.25, 0.3) is 0 Å². The molecule has 4 aromatic carbocycles. The smallest absolute Gasteiger partial charge is 0.145 e. The Morgan fingerprint density at radius 1 is 0.711 bits per heavy atom. The molecule has 5 heteroatoms. The SMILES string of the molecule is CC(C)n1c(-c2ccccc2O)nc2c(-c3cccc(N(c4ccccc4)c4ccccn4)c3)cccc21. The molecule has 0 bridgehead atoms. The zero-order valence-corrected chi connectivity index (χ0v) is 21.4. The van der Waals surface area contributed by atoms with Gasteiger partial charge in [0.1, 0.15) is 17.4 Å². The summed E-state index contributed by atoms with van der Waals surface area (Å²) in [7, 11) is 0. The summed E-state index contributed by atoms with van der Waals surface area (Å²) < 4.78 is 2.20. The number of pyridine rings is 1. The van der Waals surface area contributed by atoms with Gasteiger partial charge in [-0.15, -0.1) is 0 Å². The van der Waals surface area contributed by atoms with Gasteiger partial charge in [0.15, 0.2) is 0 Å². The van der Waals surface area contributed by atoms with E-state index in [1.54, 1.807) is 6.07 Å². The molecule has 0 atom stereocenters. The molecule has 0 aliphatic carbocycles. The lowest BCUT2D eigenvalue weighted by molar-refractivity contribution is 0.476. The third-order valence-electron chi connectivity index (χ3n) is 6.69. The maximum atomic E-state index is 10.6. The molecule has 2 aromatic heterocycles. The number of rotatable bonds is 6. The van der Waals surface area contributed by atoms with E-state index >= 15 is 0 Å². The van der Waals surface area contributed by atoms with Crippen molar-refractivity contribution >= 4 is 28.2 Å². The van der Waals surface area contributed by atoms with Gasteiger partial charge in [-0.2, -0.15) is 0 Å². The molecule has 0 spiro atoms. The lowest BCUT2D eigenvalue weighted by atomic mass is 10.0. The Morgan fingerprint density at radius 2 is 1.42 bits per heavy atom. The second-order valence-electron chi connectivity index (χ2n) is 9.50. The highest BCUT2D eigenvalue weighted by Crippen LogP contribution is 2.39. The van der Waals surface area contributed by atoms with Crippen LogP contribution in [0.2, 0.25) is 0 Å². The second-order valence-corrected chi connectivity index (χ2v) is 9.50. The van der Waals surface area contributed by atoms with Gasteiger partial charge in [-0.1, -0.05) is 60.7 Å². The highest BCUT2D eigenvalue weighted by atomic mass is 16.3. The van der Waals surface area contributed by atoms with Crippen LogP contribution in [0.1, 0.15) is 19.9 Å². The summed E-state index contributed by atoms with van der Waals surface area (Å²) in [4.78, 5) is 11.9. The van der Waals surface area contributed by atoms with E-state index in [1.165, 1.54) is 0 Å². The molecular formula is C33H28N4O. The van der Waals surface area contributed by atoms with Crippen molar-refractivity contribution in [3.8, 4) is 28.3 Å². The number of para-hydroxylation sites is 3. The first-order valence-electron chi connectivity index (χ1n) is 12.8. The van der Waals surface area contributed by atoms with E-state index in [0.29, 0.717) is 0 Å². The Hall–Kier alpha value is -4.90. The molecule has 6 aromatic rings. The number of hydrogen-bond acceptors (Lipinski definition) is 4. The zero-order valence-electron chi connectivity index (χ0n) is 21.4. The van der Waals surface area contributed by atoms with Crippen LogP contribution in [-0.4, -0.2) is 19.6 Å². The molecule has 2 heterocycles. The summed E-state index contributed by atoms with van der Waals surface area (Å²) in [6.07, 6.45) is 1.81. The van der Waals surface area contributed by atoms with E-state index in [0.717, 1.165) is 50.7 Å². The number of nitrogens with zero attached hydrogens (tertiary/aromatic N) is 4. The average Bonchev–Trinajstić information content (AvgIpc) is 3.35. The van der Waals surface area contributed by atoms with Gasteiger partial charge in [0.05, 0.1) is 16.6 Å². The number of aromatic nitrogens is 3. The summed E-state index contributed by atoms with van der Waals surface area (Å²) in [6.45, 7) is 4.28. The summed E-state index contributed by atoms with van der Waals surface area (Å²) in [5.41, 5.74) is 6.80. The molecule has 0 radical (unpaired) electrons. The average molecular weight is 497 g/mol. The topological polar surface area (TPSA) is 54.2 Å². The molecule has 38 heavy (non-hydrogen) atoms. The van der Waals surface area contributed by atoms with Crippen molar-refractivity contribution in [1.29, 1.82) is 0 Å². The maximum absolute atomic E-state index is 10.6. The van der Waals surface area contributed by atoms with Crippen molar-refractivity contribution in [2.75, 3.05) is 4.90 Å². The number of phenolic OH excluding ortho intramolecular Hbond substituents is 1. The monoisotopic (exact) mass is 496 g/mol. The van der Waals surface area contributed by atoms with Crippen LogP contribution in [0.5, 0.6) is 5.75 Å². The molecular weight excluding hydrogens is 468 g/mol. The first-order chi connectivity index (χ1) is 18.6. The Labute approximate surface area is 222 Å². The number of aromatic hydroxyl groups is 1. The van der Waals surface area contributed by atoms with Crippen molar-refractivity contribution in [1.82, 2.24) is 14.5 Å². The fourth-order valence-corrected chi connectivity index (χ4v) is 5.01. The molecule has 6 rings (SSSR count). The van der Waals surface area contributed by atoms with Crippen LogP contribution in [0.15, 0.2) is 121 Å². The Balaban J connectivity index is 1.54. The van der Waals surface area contributed by atoms with Crippen LogP contribution in [0.4, 0.5) is 17.2 Å². The number of imidazole rings is 1. The van der Waals surface area contributed by atoms with Crippen LogP contribution in [0, 0.1) is 0 Å². The number of anilines is 3. The predicted octanol–water partition coefficient (Wildman–Crippen LogP) is 8.52. The predicted molar refractivity (Wildman–Crippen MR) is 155 cm³/mol. The van der Waals surface area contributed by atoms with Gasteiger partial charge in [0.2, 0.25) is 0 Å². The normalized spacial score (nSPS) is 11.2. The number of hydrogen-bond donors (Lipinski definition) is 1. The van der Waals surface area contributed by atoms with Crippen molar-refractivity contribution in [2.24, 2.45) is 0 Å². The van der Waals surface area contributed by atoms with E-state index in [9.17, 15) is 5.11 Å². The minimum Gasteiger partial charge on any atom is -0.507 e. The van der Waals surface area contributed by atoms with Gasteiger partial charge in [-0.25, -0.2) is 9.97 Å². The molecule has 0 unspecified atom stereocenters. The number of benzene rings is 4. The third-order valence-corrected chi connectivity index (χ3v) is 6.69. The molecule has 186 valence electrons. The van der Waals surface area contributed by atoms with E-state index in [-0.39, 0.29) is 11.8 Å². The number of phenols is 1. The van der Waals surface area contributed by atoms with Gasteiger partial charge in [-0.3, -0.25) is 4.90 Å². The Bertz CT molecular complexity index is 1670. The van der Waals surface area contributed by atoms with Crippen molar-refractivity contribution in [2.45, 2.75) is 19.9 Å². The second kappa shape index (κ2) is 9.87. The van der Waals surface area contributed by atoms with Gasteiger partial charge < -0.3 is 9.67 Å². The van der Waals surface area contributed by atoms with E-state index in [1.807, 2.05) is 60.8 Å².